The number of hydrogen-bond acceptors (Lipinski definition) is 1. The molecule has 4 rings (SSSR count). The van der Waals surface area contributed by atoms with Gasteiger partial charge in [-0.1, -0.05) is 61.1 Å². The molecule has 0 fully saturated rings. The van der Waals surface area contributed by atoms with Gasteiger partial charge in [0.05, 0.1) is 0 Å². The molecule has 1 N–H and O–H groups in total. The van der Waals surface area contributed by atoms with Gasteiger partial charge in [0, 0.05) is 32.8 Å². The number of rotatable bonds is 3. The normalized spacial score (nSPS) is 18.4. The van der Waals surface area contributed by atoms with Crippen LogP contribution in [0.5, 0.6) is 0 Å². The Hall–Kier alpha value is -0.929. The Morgan fingerprint density at radius 2 is 1.71 bits per heavy atom. The van der Waals surface area contributed by atoms with Crippen LogP contribution in [0.15, 0.2) is 42.0 Å². The molecule has 1 atom stereocenters. The Bertz CT molecular complexity index is 906. The van der Waals surface area contributed by atoms with Gasteiger partial charge < -0.3 is 4.98 Å². The summed E-state index contributed by atoms with van der Waals surface area (Å²) in [6.45, 7) is 14.3. The SMILES string of the molecule is CC1=Cc2c(cc3c(c2-c2ccccc2)CCC3)C1[Si](C)(C)NC(C)(C)C.[Ti]. The molecule has 2 aromatic carbocycles. The molecule has 2 aliphatic rings. The molecule has 0 amide bonds. The largest absolute Gasteiger partial charge is 0.332 e. The summed E-state index contributed by atoms with van der Waals surface area (Å²) < 4.78 is 0. The predicted molar refractivity (Wildman–Crippen MR) is 121 cm³/mol. The fraction of sp³-hybridized carbons (Fsp3) is 0.440. The monoisotopic (exact) mass is 423 g/mol. The molecule has 2 aromatic rings. The van der Waals surface area contributed by atoms with Gasteiger partial charge in [0.25, 0.3) is 0 Å². The molecule has 0 saturated heterocycles. The first-order chi connectivity index (χ1) is 12.7. The van der Waals surface area contributed by atoms with Crippen molar-refractivity contribution in [2.24, 2.45) is 0 Å². The van der Waals surface area contributed by atoms with Gasteiger partial charge in [-0.05, 0) is 80.3 Å². The van der Waals surface area contributed by atoms with Crippen molar-refractivity contribution in [3.05, 3.63) is 64.2 Å². The van der Waals surface area contributed by atoms with Crippen molar-refractivity contribution in [2.45, 2.75) is 71.1 Å². The predicted octanol–water partition coefficient (Wildman–Crippen LogP) is 6.47. The average Bonchev–Trinajstić information content (AvgIpc) is 3.14. The summed E-state index contributed by atoms with van der Waals surface area (Å²) in [5.41, 5.74) is 11.4. The summed E-state index contributed by atoms with van der Waals surface area (Å²) in [4.78, 5) is 4.03. The van der Waals surface area contributed by atoms with Gasteiger partial charge in [-0.15, -0.1) is 0 Å². The van der Waals surface area contributed by atoms with Crippen molar-refractivity contribution in [2.75, 3.05) is 0 Å². The van der Waals surface area contributed by atoms with E-state index in [1.54, 1.807) is 22.3 Å². The van der Waals surface area contributed by atoms with E-state index < -0.39 is 8.24 Å². The molecule has 0 aromatic heterocycles. The molecule has 0 heterocycles. The zero-order chi connectivity index (χ0) is 19.4. The van der Waals surface area contributed by atoms with Crippen molar-refractivity contribution >= 4 is 14.3 Å². The van der Waals surface area contributed by atoms with Crippen LogP contribution in [0.25, 0.3) is 17.2 Å². The third-order valence-corrected chi connectivity index (χ3v) is 9.70. The topological polar surface area (TPSA) is 12.0 Å². The molecule has 0 saturated carbocycles. The van der Waals surface area contributed by atoms with Crippen LogP contribution in [0.2, 0.25) is 13.1 Å². The van der Waals surface area contributed by atoms with E-state index in [9.17, 15) is 0 Å². The van der Waals surface area contributed by atoms with E-state index in [4.69, 9.17) is 0 Å². The molecule has 1 nitrogen and oxygen atoms in total. The maximum Gasteiger partial charge on any atom is 0.131 e. The molecule has 0 spiro atoms. The second kappa shape index (κ2) is 7.72. The molecule has 0 bridgehead atoms. The molecule has 28 heavy (non-hydrogen) atoms. The number of benzene rings is 2. The van der Waals surface area contributed by atoms with Crippen molar-refractivity contribution in [3.8, 4) is 11.1 Å². The van der Waals surface area contributed by atoms with Crippen LogP contribution in [-0.2, 0) is 34.6 Å². The van der Waals surface area contributed by atoms with Crippen LogP contribution in [0.4, 0.5) is 0 Å². The van der Waals surface area contributed by atoms with Gasteiger partial charge >= 0.3 is 0 Å². The van der Waals surface area contributed by atoms with Gasteiger partial charge in [0.2, 0.25) is 0 Å². The minimum absolute atomic E-state index is 0. The summed E-state index contributed by atoms with van der Waals surface area (Å²) in [5.74, 6) is 0. The molecule has 146 valence electrons. The van der Waals surface area contributed by atoms with Crippen molar-refractivity contribution in [1.29, 1.82) is 0 Å². The summed E-state index contributed by atoms with van der Waals surface area (Å²) in [5, 5.41) is 0. The van der Waals surface area contributed by atoms with E-state index >= 15 is 0 Å². The minimum atomic E-state index is -1.69. The van der Waals surface area contributed by atoms with Gasteiger partial charge in [-0.3, -0.25) is 0 Å². The van der Waals surface area contributed by atoms with E-state index in [1.807, 2.05) is 0 Å². The number of fused-ring (bicyclic) bond motifs is 2. The second-order valence-electron chi connectivity index (χ2n) is 10.0. The summed E-state index contributed by atoms with van der Waals surface area (Å²) in [6.07, 6.45) is 6.26. The van der Waals surface area contributed by atoms with Gasteiger partial charge in [0.15, 0.2) is 0 Å². The minimum Gasteiger partial charge on any atom is -0.332 e. The van der Waals surface area contributed by atoms with E-state index in [-0.39, 0.29) is 27.3 Å². The molecule has 3 heteroatoms. The van der Waals surface area contributed by atoms with E-state index in [0.29, 0.717) is 5.54 Å². The standard InChI is InChI=1S/C25H33NSi.Ti/c1-17-15-21-22(24(17)27(5,6)26-25(2,3)4)16-19-13-10-14-20(19)23(21)18-11-8-7-9-12-18;/h7-9,11-12,15-16,24,26H,10,13-14H2,1-6H3;. The van der Waals surface area contributed by atoms with Gasteiger partial charge in [0.1, 0.15) is 8.24 Å². The molecule has 0 radical (unpaired) electrons. The quantitative estimate of drug-likeness (QED) is 0.558. The first-order valence-corrected chi connectivity index (χ1v) is 13.5. The molecule has 2 aliphatic carbocycles. The van der Waals surface area contributed by atoms with Gasteiger partial charge in [-0.2, -0.15) is 0 Å². The van der Waals surface area contributed by atoms with Gasteiger partial charge in [-0.25, -0.2) is 0 Å². The summed E-state index contributed by atoms with van der Waals surface area (Å²) >= 11 is 0. The fourth-order valence-electron chi connectivity index (χ4n) is 5.67. The number of hydrogen-bond donors (Lipinski definition) is 1. The Kier molecular flexibility index (Phi) is 6.00. The van der Waals surface area contributed by atoms with E-state index in [1.165, 1.54) is 36.0 Å². The maximum absolute atomic E-state index is 4.03. The van der Waals surface area contributed by atoms with Crippen LogP contribution in [0.1, 0.15) is 61.9 Å². The van der Waals surface area contributed by atoms with Crippen LogP contribution in [0, 0.1) is 0 Å². The molecule has 1 unspecified atom stereocenters. The van der Waals surface area contributed by atoms with Crippen LogP contribution >= 0.6 is 0 Å². The fourth-order valence-corrected chi connectivity index (χ4v) is 9.98. The summed E-state index contributed by atoms with van der Waals surface area (Å²) in [6, 6.07) is 13.6. The average molecular weight is 423 g/mol. The Balaban J connectivity index is 0.00000225. The zero-order valence-corrected chi connectivity index (χ0v) is 20.8. The number of allylic oxidation sites excluding steroid dienone is 1. The van der Waals surface area contributed by atoms with Crippen LogP contribution in [-0.4, -0.2) is 13.8 Å². The van der Waals surface area contributed by atoms with Crippen molar-refractivity contribution < 1.29 is 21.7 Å². The Morgan fingerprint density at radius 1 is 1.04 bits per heavy atom. The summed E-state index contributed by atoms with van der Waals surface area (Å²) in [7, 11) is -1.69. The number of aryl methyl sites for hydroxylation is 1. The smallest absolute Gasteiger partial charge is 0.131 e. The molecular weight excluding hydrogens is 390 g/mol. The van der Waals surface area contributed by atoms with Crippen LogP contribution < -0.4 is 4.98 Å². The van der Waals surface area contributed by atoms with Crippen LogP contribution in [0.3, 0.4) is 0 Å². The van der Waals surface area contributed by atoms with Crippen molar-refractivity contribution in [3.63, 3.8) is 0 Å². The Morgan fingerprint density at radius 3 is 2.36 bits per heavy atom. The first-order valence-electron chi connectivity index (χ1n) is 10.4. The third-order valence-electron chi connectivity index (χ3n) is 6.09. The van der Waals surface area contributed by atoms with Crippen molar-refractivity contribution in [1.82, 2.24) is 4.98 Å². The molecule has 0 aliphatic heterocycles. The zero-order valence-electron chi connectivity index (χ0n) is 18.2. The van der Waals surface area contributed by atoms with E-state index in [2.05, 4.69) is 88.2 Å². The molecular formula is C25H33NSiTi. The first kappa shape index (κ1) is 21.8. The third kappa shape index (κ3) is 3.89. The number of nitrogens with one attached hydrogen (secondary N) is 1. The maximum atomic E-state index is 4.03. The second-order valence-corrected chi connectivity index (χ2v) is 14.3. The Labute approximate surface area is 187 Å². The van der Waals surface area contributed by atoms with E-state index in [0.717, 1.165) is 0 Å².